The van der Waals surface area contributed by atoms with E-state index in [2.05, 4.69) is 10.6 Å². The van der Waals surface area contributed by atoms with Crippen LogP contribution in [-0.2, 0) is 4.79 Å². The summed E-state index contributed by atoms with van der Waals surface area (Å²) >= 11 is 0. The van der Waals surface area contributed by atoms with Crippen molar-refractivity contribution in [2.24, 2.45) is 5.92 Å². The normalized spacial score (nSPS) is 19.2. The number of carbonyl (C=O) groups is 3. The summed E-state index contributed by atoms with van der Waals surface area (Å²) < 4.78 is 0. The Kier molecular flexibility index (Phi) is 6.34. The molecule has 1 fully saturated rings. The third kappa shape index (κ3) is 3.94. The van der Waals surface area contributed by atoms with Crippen LogP contribution < -0.4 is 10.6 Å². The third-order valence-corrected chi connectivity index (χ3v) is 4.48. The van der Waals surface area contributed by atoms with Gasteiger partial charge in [0.2, 0.25) is 5.91 Å². The number of amides is 3. The van der Waals surface area contributed by atoms with Crippen molar-refractivity contribution < 1.29 is 14.4 Å². The van der Waals surface area contributed by atoms with Crippen molar-refractivity contribution in [2.45, 2.75) is 19.3 Å². The molecule has 0 aromatic heterocycles. The molecule has 24 heavy (non-hydrogen) atoms. The predicted octanol–water partition coefficient (Wildman–Crippen LogP) is 1.21. The van der Waals surface area contributed by atoms with E-state index >= 15 is 0 Å². The molecule has 130 valence electrons. The monoisotopic (exact) mass is 351 g/mol. The van der Waals surface area contributed by atoms with Crippen LogP contribution in [0.5, 0.6) is 0 Å². The number of benzene rings is 1. The largest absolute Gasteiger partial charge is 0.354 e. The minimum Gasteiger partial charge on any atom is -0.354 e. The summed E-state index contributed by atoms with van der Waals surface area (Å²) in [6, 6.07) is 6.80. The van der Waals surface area contributed by atoms with E-state index in [4.69, 9.17) is 0 Å². The molecule has 6 nitrogen and oxygen atoms in total. The van der Waals surface area contributed by atoms with Crippen molar-refractivity contribution in [1.29, 1.82) is 0 Å². The second-order valence-corrected chi connectivity index (χ2v) is 6.05. The first-order valence-corrected chi connectivity index (χ1v) is 8.09. The van der Waals surface area contributed by atoms with Gasteiger partial charge >= 0.3 is 0 Å². The van der Waals surface area contributed by atoms with Crippen LogP contribution in [0.25, 0.3) is 0 Å². The third-order valence-electron chi connectivity index (χ3n) is 4.48. The number of hydrogen-bond donors (Lipinski definition) is 2. The number of nitrogens with zero attached hydrogens (tertiary/aromatic N) is 1. The molecule has 0 spiro atoms. The van der Waals surface area contributed by atoms with E-state index < -0.39 is 0 Å². The van der Waals surface area contributed by atoms with Crippen molar-refractivity contribution in [2.75, 3.05) is 26.2 Å². The predicted molar refractivity (Wildman–Crippen MR) is 92.3 cm³/mol. The van der Waals surface area contributed by atoms with Crippen molar-refractivity contribution >= 4 is 30.1 Å². The van der Waals surface area contributed by atoms with Gasteiger partial charge in [0, 0.05) is 19.5 Å². The van der Waals surface area contributed by atoms with Gasteiger partial charge in [-0.3, -0.25) is 19.3 Å². The highest BCUT2D eigenvalue weighted by Crippen LogP contribution is 2.21. The Bertz CT molecular complexity index is 594. The molecule has 2 heterocycles. The molecule has 1 aromatic rings. The van der Waals surface area contributed by atoms with Crippen LogP contribution in [0.3, 0.4) is 0 Å². The second kappa shape index (κ2) is 8.26. The van der Waals surface area contributed by atoms with Gasteiger partial charge < -0.3 is 10.6 Å². The molecule has 1 unspecified atom stereocenters. The van der Waals surface area contributed by atoms with Crippen molar-refractivity contribution in [3.05, 3.63) is 35.4 Å². The lowest BCUT2D eigenvalue weighted by atomic mass is 10.0. The number of hydrogen-bond acceptors (Lipinski definition) is 4. The molecular formula is C17H22ClN3O3. The molecular weight excluding hydrogens is 330 g/mol. The minimum atomic E-state index is -0.281. The van der Waals surface area contributed by atoms with Gasteiger partial charge in [0.25, 0.3) is 11.8 Å². The lowest BCUT2D eigenvalue weighted by Gasteiger charge is -2.14. The molecule has 1 atom stereocenters. The van der Waals surface area contributed by atoms with E-state index in [0.29, 0.717) is 30.0 Å². The van der Waals surface area contributed by atoms with Crippen LogP contribution in [0.1, 0.15) is 40.0 Å². The Hall–Kier alpha value is -1.92. The maximum Gasteiger partial charge on any atom is 0.261 e. The van der Waals surface area contributed by atoms with Crippen LogP contribution >= 0.6 is 12.4 Å². The van der Waals surface area contributed by atoms with Crippen molar-refractivity contribution in [3.8, 4) is 0 Å². The van der Waals surface area contributed by atoms with Crippen LogP contribution in [0, 0.1) is 5.92 Å². The quantitative estimate of drug-likeness (QED) is 0.755. The van der Waals surface area contributed by atoms with Gasteiger partial charge in [-0.05, 0) is 44.0 Å². The Labute approximate surface area is 147 Å². The summed E-state index contributed by atoms with van der Waals surface area (Å²) in [6.45, 7) is 2.53. The van der Waals surface area contributed by atoms with Gasteiger partial charge in [-0.15, -0.1) is 12.4 Å². The number of halogens is 1. The summed E-state index contributed by atoms with van der Waals surface area (Å²) in [5.74, 6) is -0.000691. The molecule has 1 saturated heterocycles. The maximum atomic E-state index is 12.2. The average molecular weight is 352 g/mol. The molecule has 0 aliphatic carbocycles. The molecule has 0 bridgehead atoms. The highest BCUT2D eigenvalue weighted by Gasteiger charge is 2.34. The van der Waals surface area contributed by atoms with Crippen LogP contribution in [0.2, 0.25) is 0 Å². The van der Waals surface area contributed by atoms with E-state index in [0.717, 1.165) is 25.9 Å². The molecule has 2 aliphatic rings. The molecule has 0 saturated carbocycles. The van der Waals surface area contributed by atoms with Crippen molar-refractivity contribution in [1.82, 2.24) is 15.5 Å². The number of rotatable bonds is 6. The van der Waals surface area contributed by atoms with Gasteiger partial charge in [-0.25, -0.2) is 0 Å². The fourth-order valence-corrected chi connectivity index (χ4v) is 3.13. The van der Waals surface area contributed by atoms with E-state index in [9.17, 15) is 14.4 Å². The van der Waals surface area contributed by atoms with Crippen LogP contribution in [-0.4, -0.2) is 48.8 Å². The number of carbonyl (C=O) groups excluding carboxylic acids is 3. The first-order chi connectivity index (χ1) is 11.2. The van der Waals surface area contributed by atoms with E-state index in [1.807, 2.05) is 0 Å². The van der Waals surface area contributed by atoms with Crippen molar-refractivity contribution in [3.63, 3.8) is 0 Å². The highest BCUT2D eigenvalue weighted by atomic mass is 35.5. The summed E-state index contributed by atoms with van der Waals surface area (Å²) in [6.07, 6.45) is 2.50. The van der Waals surface area contributed by atoms with Gasteiger partial charge in [-0.1, -0.05) is 12.1 Å². The smallest absolute Gasteiger partial charge is 0.261 e. The van der Waals surface area contributed by atoms with E-state index in [1.54, 1.807) is 24.3 Å². The number of nitrogens with one attached hydrogen (secondary N) is 2. The molecule has 2 N–H and O–H groups in total. The van der Waals surface area contributed by atoms with E-state index in [-0.39, 0.29) is 36.7 Å². The van der Waals surface area contributed by atoms with E-state index in [1.165, 1.54) is 4.90 Å². The molecule has 7 heteroatoms. The summed E-state index contributed by atoms with van der Waals surface area (Å²) in [7, 11) is 0. The molecule has 1 aromatic carbocycles. The molecule has 3 amide bonds. The average Bonchev–Trinajstić information content (AvgIpc) is 3.16. The maximum absolute atomic E-state index is 12.2. The number of imide groups is 1. The lowest BCUT2D eigenvalue weighted by molar-refractivity contribution is -0.121. The highest BCUT2D eigenvalue weighted by molar-refractivity contribution is 6.21. The van der Waals surface area contributed by atoms with Crippen LogP contribution in [0.15, 0.2) is 24.3 Å². The zero-order valence-corrected chi connectivity index (χ0v) is 14.2. The molecule has 2 aliphatic heterocycles. The van der Waals surface area contributed by atoms with Gasteiger partial charge in [0.15, 0.2) is 0 Å². The Morgan fingerprint density at radius 2 is 1.88 bits per heavy atom. The first-order valence-electron chi connectivity index (χ1n) is 8.09. The standard InChI is InChI=1S/C17H21N3O3.ClH/c21-15(6-5-12-7-8-18-11-12)19-9-10-20-16(22)13-3-1-2-4-14(13)17(20)23;/h1-4,12,18H,5-11H2,(H,19,21);1H. The SMILES string of the molecule is Cl.O=C(CCC1CCNC1)NCCN1C(=O)c2ccccc2C1=O. The minimum absolute atomic E-state index is 0. The fraction of sp³-hybridized carbons (Fsp3) is 0.471. The zero-order valence-electron chi connectivity index (χ0n) is 13.4. The second-order valence-electron chi connectivity index (χ2n) is 6.05. The summed E-state index contributed by atoms with van der Waals surface area (Å²) in [4.78, 5) is 37.4. The molecule has 0 radical (unpaired) electrons. The molecule has 3 rings (SSSR count). The van der Waals surface area contributed by atoms with Gasteiger partial charge in [0.05, 0.1) is 11.1 Å². The summed E-state index contributed by atoms with van der Waals surface area (Å²) in [5, 5.41) is 6.08. The topological polar surface area (TPSA) is 78.5 Å². The first kappa shape index (κ1) is 18.4. The lowest BCUT2D eigenvalue weighted by Crippen LogP contribution is -2.38. The fourth-order valence-electron chi connectivity index (χ4n) is 3.13. The summed E-state index contributed by atoms with van der Waals surface area (Å²) in [5.41, 5.74) is 0.884. The zero-order chi connectivity index (χ0) is 16.2. The number of fused-ring (bicyclic) bond motifs is 1. The van der Waals surface area contributed by atoms with Crippen LogP contribution in [0.4, 0.5) is 0 Å². The van der Waals surface area contributed by atoms with Gasteiger partial charge in [-0.2, -0.15) is 0 Å². The Morgan fingerprint density at radius 1 is 1.21 bits per heavy atom. The van der Waals surface area contributed by atoms with Gasteiger partial charge in [0.1, 0.15) is 0 Å². The Morgan fingerprint density at radius 3 is 2.46 bits per heavy atom. The Balaban J connectivity index is 0.00000208.